The Balaban J connectivity index is 2.49. The molecule has 0 spiro atoms. The Kier molecular flexibility index (Phi) is 4.06. The van der Waals surface area contributed by atoms with Crippen LogP contribution in [0.5, 0.6) is 0 Å². The molecule has 1 aliphatic rings. The van der Waals surface area contributed by atoms with E-state index in [2.05, 4.69) is 4.74 Å². The number of carbonyl (C=O) groups is 1. The van der Waals surface area contributed by atoms with Gasteiger partial charge in [-0.25, -0.2) is 12.7 Å². The van der Waals surface area contributed by atoms with Crippen LogP contribution in [0.25, 0.3) is 0 Å². The number of hydrogen-bond donors (Lipinski definition) is 1. The highest BCUT2D eigenvalue weighted by Gasteiger charge is 2.29. The molecule has 0 aromatic carbocycles. The average Bonchev–Trinajstić information content (AvgIpc) is 2.62. The fraction of sp³-hybridized carbons (Fsp3) is 0.875. The topological polar surface area (TPSA) is 89.7 Å². The van der Waals surface area contributed by atoms with Crippen LogP contribution in [0.3, 0.4) is 0 Å². The van der Waals surface area contributed by atoms with Crippen LogP contribution in [-0.2, 0) is 19.6 Å². The van der Waals surface area contributed by atoms with Crippen molar-refractivity contribution in [2.45, 2.75) is 18.9 Å². The monoisotopic (exact) mass is 236 g/mol. The van der Waals surface area contributed by atoms with Gasteiger partial charge in [0.05, 0.1) is 19.3 Å². The maximum atomic E-state index is 11.7. The molecule has 0 amide bonds. The summed E-state index contributed by atoms with van der Waals surface area (Å²) >= 11 is 0. The predicted molar refractivity (Wildman–Crippen MR) is 54.6 cm³/mol. The van der Waals surface area contributed by atoms with Gasteiger partial charge in [-0.1, -0.05) is 0 Å². The standard InChI is InChI=1S/C8H16N2O4S/c1-14-8(11)3-5-15(12,13)10-4-2-7(9)6-10/h7H,2-6,9H2,1H3/t7-/m1/s1. The number of rotatable bonds is 4. The largest absolute Gasteiger partial charge is 0.469 e. The van der Waals surface area contributed by atoms with Gasteiger partial charge in [-0.05, 0) is 6.42 Å². The first-order valence-electron chi connectivity index (χ1n) is 4.76. The van der Waals surface area contributed by atoms with Gasteiger partial charge in [0.15, 0.2) is 0 Å². The quantitative estimate of drug-likeness (QED) is 0.627. The summed E-state index contributed by atoms with van der Waals surface area (Å²) in [4.78, 5) is 10.8. The van der Waals surface area contributed by atoms with E-state index in [1.54, 1.807) is 0 Å². The van der Waals surface area contributed by atoms with E-state index in [4.69, 9.17) is 5.73 Å². The van der Waals surface area contributed by atoms with Crippen molar-refractivity contribution in [3.63, 3.8) is 0 Å². The van der Waals surface area contributed by atoms with Crippen LogP contribution in [-0.4, -0.2) is 50.7 Å². The SMILES string of the molecule is COC(=O)CCS(=O)(=O)N1CC[C@@H](N)C1. The molecule has 6 nitrogen and oxygen atoms in total. The number of ether oxygens (including phenoxy) is 1. The van der Waals surface area contributed by atoms with Crippen LogP contribution in [0, 0.1) is 0 Å². The van der Waals surface area contributed by atoms with Gasteiger partial charge in [-0.15, -0.1) is 0 Å². The van der Waals surface area contributed by atoms with Crippen LogP contribution in [0.1, 0.15) is 12.8 Å². The maximum Gasteiger partial charge on any atom is 0.306 e. The summed E-state index contributed by atoms with van der Waals surface area (Å²) in [5, 5.41) is 0. The van der Waals surface area contributed by atoms with E-state index in [9.17, 15) is 13.2 Å². The van der Waals surface area contributed by atoms with Crippen LogP contribution < -0.4 is 5.73 Å². The first-order valence-corrected chi connectivity index (χ1v) is 6.37. The molecule has 1 heterocycles. The lowest BCUT2D eigenvalue weighted by atomic mass is 10.3. The summed E-state index contributed by atoms with van der Waals surface area (Å²) in [6.45, 7) is 0.800. The van der Waals surface area contributed by atoms with Crippen molar-refractivity contribution in [3.8, 4) is 0 Å². The molecule has 1 aliphatic heterocycles. The van der Waals surface area contributed by atoms with Gasteiger partial charge in [0.2, 0.25) is 10.0 Å². The van der Waals surface area contributed by atoms with Gasteiger partial charge in [-0.3, -0.25) is 4.79 Å². The summed E-state index contributed by atoms with van der Waals surface area (Å²) < 4.78 is 29.0. The van der Waals surface area contributed by atoms with Crippen molar-refractivity contribution in [2.75, 3.05) is 26.0 Å². The highest BCUT2D eigenvalue weighted by atomic mass is 32.2. The van der Waals surface area contributed by atoms with E-state index < -0.39 is 16.0 Å². The molecule has 7 heteroatoms. The Morgan fingerprint density at radius 1 is 1.60 bits per heavy atom. The molecule has 0 aromatic rings. The van der Waals surface area contributed by atoms with Crippen LogP contribution in [0.4, 0.5) is 0 Å². The first-order chi connectivity index (χ1) is 6.95. The van der Waals surface area contributed by atoms with Crippen LogP contribution >= 0.6 is 0 Å². The van der Waals surface area contributed by atoms with Gasteiger partial charge in [0, 0.05) is 19.1 Å². The Morgan fingerprint density at radius 2 is 2.27 bits per heavy atom. The number of hydrogen-bond acceptors (Lipinski definition) is 5. The normalized spacial score (nSPS) is 22.9. The lowest BCUT2D eigenvalue weighted by Gasteiger charge is -2.15. The molecule has 1 rings (SSSR count). The number of carbonyl (C=O) groups excluding carboxylic acids is 1. The highest BCUT2D eigenvalue weighted by Crippen LogP contribution is 2.13. The molecule has 0 bridgehead atoms. The molecule has 15 heavy (non-hydrogen) atoms. The Hall–Kier alpha value is -0.660. The zero-order valence-corrected chi connectivity index (χ0v) is 9.50. The maximum absolute atomic E-state index is 11.7. The van der Waals surface area contributed by atoms with Gasteiger partial charge < -0.3 is 10.5 Å². The summed E-state index contributed by atoms with van der Waals surface area (Å²) in [6, 6.07) is -0.0853. The highest BCUT2D eigenvalue weighted by molar-refractivity contribution is 7.89. The lowest BCUT2D eigenvalue weighted by molar-refractivity contribution is -0.140. The van der Waals surface area contributed by atoms with Gasteiger partial charge in [0.25, 0.3) is 0 Å². The molecule has 0 unspecified atom stereocenters. The number of nitrogens with zero attached hydrogens (tertiary/aromatic N) is 1. The summed E-state index contributed by atoms with van der Waals surface area (Å²) in [5.41, 5.74) is 5.61. The minimum atomic E-state index is -3.35. The number of sulfonamides is 1. The zero-order valence-electron chi connectivity index (χ0n) is 8.68. The third-order valence-electron chi connectivity index (χ3n) is 2.37. The van der Waals surface area contributed by atoms with Crippen molar-refractivity contribution in [3.05, 3.63) is 0 Å². The number of nitrogens with two attached hydrogens (primary N) is 1. The predicted octanol–water partition coefficient (Wildman–Crippen LogP) is -1.09. The fourth-order valence-corrected chi connectivity index (χ4v) is 2.94. The van der Waals surface area contributed by atoms with Crippen molar-refractivity contribution in [2.24, 2.45) is 5.73 Å². The van der Waals surface area contributed by atoms with Gasteiger partial charge in [-0.2, -0.15) is 0 Å². The molecule has 0 saturated carbocycles. The second-order valence-electron chi connectivity index (χ2n) is 3.55. The molecule has 0 aromatic heterocycles. The smallest absolute Gasteiger partial charge is 0.306 e. The summed E-state index contributed by atoms with van der Waals surface area (Å²) in [6.07, 6.45) is 0.571. The van der Waals surface area contributed by atoms with E-state index in [-0.39, 0.29) is 18.2 Å². The first kappa shape index (κ1) is 12.4. The molecule has 88 valence electrons. The Morgan fingerprint density at radius 3 is 2.73 bits per heavy atom. The van der Waals surface area contributed by atoms with E-state index in [0.29, 0.717) is 19.5 Å². The molecule has 1 fully saturated rings. The second kappa shape index (κ2) is 4.91. The molecular weight excluding hydrogens is 220 g/mol. The van der Waals surface area contributed by atoms with E-state index in [1.807, 2.05) is 0 Å². The second-order valence-corrected chi connectivity index (χ2v) is 5.64. The third kappa shape index (κ3) is 3.44. The molecule has 1 atom stereocenters. The van der Waals surface area contributed by atoms with Crippen molar-refractivity contribution in [1.82, 2.24) is 4.31 Å². The minimum Gasteiger partial charge on any atom is -0.469 e. The van der Waals surface area contributed by atoms with Crippen LogP contribution in [0.2, 0.25) is 0 Å². The molecule has 0 radical (unpaired) electrons. The third-order valence-corrected chi connectivity index (χ3v) is 4.21. The van der Waals surface area contributed by atoms with Crippen molar-refractivity contribution >= 4 is 16.0 Å². The fourth-order valence-electron chi connectivity index (χ4n) is 1.45. The Labute approximate surface area is 89.4 Å². The zero-order chi connectivity index (χ0) is 11.5. The van der Waals surface area contributed by atoms with Gasteiger partial charge >= 0.3 is 5.97 Å². The average molecular weight is 236 g/mol. The van der Waals surface area contributed by atoms with E-state index >= 15 is 0 Å². The molecule has 1 saturated heterocycles. The van der Waals surface area contributed by atoms with Gasteiger partial charge in [0.1, 0.15) is 0 Å². The number of methoxy groups -OCH3 is 1. The Bertz CT molecular complexity index is 328. The van der Waals surface area contributed by atoms with Crippen molar-refractivity contribution in [1.29, 1.82) is 0 Å². The molecule has 2 N–H and O–H groups in total. The molecular formula is C8H16N2O4S. The van der Waals surface area contributed by atoms with Crippen molar-refractivity contribution < 1.29 is 17.9 Å². The lowest BCUT2D eigenvalue weighted by Crippen LogP contribution is -2.34. The summed E-state index contributed by atoms with van der Waals surface area (Å²) in [5.74, 6) is -0.714. The number of esters is 1. The van der Waals surface area contributed by atoms with Crippen LogP contribution in [0.15, 0.2) is 0 Å². The summed E-state index contributed by atoms with van der Waals surface area (Å²) in [7, 11) is -2.11. The minimum absolute atomic E-state index is 0.0853. The molecule has 0 aliphatic carbocycles. The van der Waals surface area contributed by atoms with E-state index in [1.165, 1.54) is 11.4 Å². The van der Waals surface area contributed by atoms with E-state index in [0.717, 1.165) is 0 Å².